The molecule has 4 N–H and O–H groups in total. The number of carbonyl (C=O) groups excluding carboxylic acids is 1. The van der Waals surface area contributed by atoms with Crippen LogP contribution in [0, 0.1) is 0 Å². The second-order valence-corrected chi connectivity index (χ2v) is 4.87. The summed E-state index contributed by atoms with van der Waals surface area (Å²) in [7, 11) is 0. The third-order valence-electron chi connectivity index (χ3n) is 2.39. The van der Waals surface area contributed by atoms with Crippen molar-refractivity contribution in [3.63, 3.8) is 0 Å². The van der Waals surface area contributed by atoms with Crippen LogP contribution in [0.2, 0.25) is 0 Å². The average molecular weight is 269 g/mol. The number of urea groups is 1. The molecule has 1 rings (SSSR count). The molecule has 1 aromatic heterocycles. The summed E-state index contributed by atoms with van der Waals surface area (Å²) in [5, 5.41) is 20.4. The van der Waals surface area contributed by atoms with Gasteiger partial charge in [0.25, 0.3) is 0 Å². The lowest BCUT2D eigenvalue weighted by Crippen LogP contribution is -2.49. The van der Waals surface area contributed by atoms with Gasteiger partial charge >= 0.3 is 12.0 Å². The standard InChI is InChI=1S/C11H19N5O3/c1-11(2,6-9(17)18)15-10(19)12-5-3-4-8-13-7-14-16-8/h7H,3-6H2,1-2H3,(H,17,18)(H2,12,15,19)(H,13,14,16). The molecule has 8 heteroatoms. The molecule has 0 aromatic carbocycles. The van der Waals surface area contributed by atoms with Crippen molar-refractivity contribution in [3.8, 4) is 0 Å². The molecule has 0 aliphatic heterocycles. The Morgan fingerprint density at radius 3 is 2.79 bits per heavy atom. The van der Waals surface area contributed by atoms with E-state index in [1.165, 1.54) is 6.33 Å². The van der Waals surface area contributed by atoms with Crippen molar-refractivity contribution in [1.82, 2.24) is 25.8 Å². The SMILES string of the molecule is CC(C)(CC(=O)O)NC(=O)NCCCc1ncn[nH]1. The van der Waals surface area contributed by atoms with Crippen molar-refractivity contribution in [3.05, 3.63) is 12.2 Å². The van der Waals surface area contributed by atoms with Crippen LogP contribution >= 0.6 is 0 Å². The van der Waals surface area contributed by atoms with Gasteiger partial charge in [-0.2, -0.15) is 5.10 Å². The molecule has 0 bridgehead atoms. The van der Waals surface area contributed by atoms with Crippen LogP contribution in [0.3, 0.4) is 0 Å². The Labute approximate surface area is 111 Å². The predicted molar refractivity (Wildman–Crippen MR) is 67.6 cm³/mol. The highest BCUT2D eigenvalue weighted by Gasteiger charge is 2.23. The molecule has 1 heterocycles. The number of rotatable bonds is 7. The van der Waals surface area contributed by atoms with Gasteiger partial charge in [-0.15, -0.1) is 0 Å². The van der Waals surface area contributed by atoms with Gasteiger partial charge in [-0.25, -0.2) is 9.78 Å². The van der Waals surface area contributed by atoms with E-state index in [9.17, 15) is 9.59 Å². The zero-order chi connectivity index (χ0) is 14.3. The second-order valence-electron chi connectivity index (χ2n) is 4.87. The van der Waals surface area contributed by atoms with Crippen LogP contribution in [0.4, 0.5) is 4.79 Å². The maximum atomic E-state index is 11.6. The lowest BCUT2D eigenvalue weighted by atomic mass is 10.0. The van der Waals surface area contributed by atoms with E-state index in [4.69, 9.17) is 5.11 Å². The average Bonchev–Trinajstić information content (AvgIpc) is 2.74. The van der Waals surface area contributed by atoms with E-state index in [1.54, 1.807) is 13.8 Å². The zero-order valence-corrected chi connectivity index (χ0v) is 11.1. The number of aliphatic carboxylic acids is 1. The van der Waals surface area contributed by atoms with Crippen LogP contribution in [0.25, 0.3) is 0 Å². The monoisotopic (exact) mass is 269 g/mol. The number of hydrogen-bond donors (Lipinski definition) is 4. The van der Waals surface area contributed by atoms with Crippen molar-refractivity contribution in [1.29, 1.82) is 0 Å². The van der Waals surface area contributed by atoms with Crippen molar-refractivity contribution < 1.29 is 14.7 Å². The summed E-state index contributed by atoms with van der Waals surface area (Å²) in [6.07, 6.45) is 2.73. The molecular weight excluding hydrogens is 250 g/mol. The third-order valence-corrected chi connectivity index (χ3v) is 2.39. The van der Waals surface area contributed by atoms with E-state index >= 15 is 0 Å². The summed E-state index contributed by atoms with van der Waals surface area (Å²) < 4.78 is 0. The molecule has 0 fully saturated rings. The molecule has 0 spiro atoms. The number of hydrogen-bond acceptors (Lipinski definition) is 4. The molecule has 0 aliphatic carbocycles. The number of carboxylic acid groups (broad SMARTS) is 1. The van der Waals surface area contributed by atoms with E-state index in [0.29, 0.717) is 13.0 Å². The number of nitrogens with one attached hydrogen (secondary N) is 3. The van der Waals surface area contributed by atoms with Gasteiger partial charge in [0.15, 0.2) is 0 Å². The normalized spacial score (nSPS) is 11.1. The van der Waals surface area contributed by atoms with E-state index in [1.807, 2.05) is 0 Å². The number of carbonyl (C=O) groups is 2. The van der Waals surface area contributed by atoms with Gasteiger partial charge < -0.3 is 15.7 Å². The predicted octanol–water partition coefficient (Wildman–Crippen LogP) is 0.290. The Balaban J connectivity index is 2.18. The van der Waals surface area contributed by atoms with Crippen LogP contribution < -0.4 is 10.6 Å². The number of H-pyrrole nitrogens is 1. The van der Waals surface area contributed by atoms with Crippen LogP contribution in [0.1, 0.15) is 32.5 Å². The highest BCUT2D eigenvalue weighted by Crippen LogP contribution is 2.07. The van der Waals surface area contributed by atoms with E-state index < -0.39 is 11.5 Å². The minimum Gasteiger partial charge on any atom is -0.481 e. The smallest absolute Gasteiger partial charge is 0.315 e. The minimum absolute atomic E-state index is 0.127. The van der Waals surface area contributed by atoms with Gasteiger partial charge in [0.05, 0.1) is 6.42 Å². The van der Waals surface area contributed by atoms with Gasteiger partial charge in [0.1, 0.15) is 12.2 Å². The largest absolute Gasteiger partial charge is 0.481 e. The number of amides is 2. The number of carboxylic acids is 1. The summed E-state index contributed by atoms with van der Waals surface area (Å²) in [6, 6.07) is -0.371. The molecular formula is C11H19N5O3. The lowest BCUT2D eigenvalue weighted by molar-refractivity contribution is -0.138. The van der Waals surface area contributed by atoms with Gasteiger partial charge in [0, 0.05) is 18.5 Å². The van der Waals surface area contributed by atoms with E-state index in [-0.39, 0.29) is 12.5 Å². The molecule has 0 saturated carbocycles. The first-order chi connectivity index (χ1) is 8.89. The van der Waals surface area contributed by atoms with Crippen LogP contribution in [0.15, 0.2) is 6.33 Å². The quantitative estimate of drug-likeness (QED) is 0.530. The maximum Gasteiger partial charge on any atom is 0.315 e. The molecule has 0 radical (unpaired) electrons. The topological polar surface area (TPSA) is 120 Å². The minimum atomic E-state index is -0.949. The summed E-state index contributed by atoms with van der Waals surface area (Å²) in [4.78, 5) is 26.1. The lowest BCUT2D eigenvalue weighted by Gasteiger charge is -2.24. The Kier molecular flexibility index (Phi) is 5.28. The van der Waals surface area contributed by atoms with Crippen molar-refractivity contribution in [2.45, 2.75) is 38.6 Å². The van der Waals surface area contributed by atoms with E-state index in [2.05, 4.69) is 25.8 Å². The first-order valence-corrected chi connectivity index (χ1v) is 6.01. The summed E-state index contributed by atoms with van der Waals surface area (Å²) in [6.45, 7) is 3.81. The van der Waals surface area contributed by atoms with Crippen molar-refractivity contribution in [2.75, 3.05) is 6.54 Å². The van der Waals surface area contributed by atoms with E-state index in [0.717, 1.165) is 12.2 Å². The summed E-state index contributed by atoms with van der Waals surface area (Å²) >= 11 is 0. The zero-order valence-electron chi connectivity index (χ0n) is 11.1. The highest BCUT2D eigenvalue weighted by molar-refractivity contribution is 5.76. The summed E-state index contributed by atoms with van der Waals surface area (Å²) in [5.41, 5.74) is -0.777. The molecule has 0 saturated heterocycles. The van der Waals surface area contributed by atoms with Gasteiger partial charge in [-0.3, -0.25) is 9.89 Å². The first-order valence-electron chi connectivity index (χ1n) is 6.01. The van der Waals surface area contributed by atoms with Gasteiger partial charge in [-0.05, 0) is 20.3 Å². The molecule has 0 unspecified atom stereocenters. The molecule has 0 aliphatic rings. The fraction of sp³-hybridized carbons (Fsp3) is 0.636. The molecule has 106 valence electrons. The number of aryl methyl sites for hydroxylation is 1. The van der Waals surface area contributed by atoms with Crippen molar-refractivity contribution >= 4 is 12.0 Å². The molecule has 0 atom stereocenters. The highest BCUT2D eigenvalue weighted by atomic mass is 16.4. The third kappa shape index (κ3) is 6.39. The van der Waals surface area contributed by atoms with Crippen LogP contribution in [-0.2, 0) is 11.2 Å². The second kappa shape index (κ2) is 6.72. The number of nitrogens with zero attached hydrogens (tertiary/aromatic N) is 2. The molecule has 19 heavy (non-hydrogen) atoms. The first kappa shape index (κ1) is 14.9. The van der Waals surface area contributed by atoms with Crippen LogP contribution in [-0.4, -0.2) is 44.4 Å². The number of aromatic nitrogens is 3. The Morgan fingerprint density at radius 2 is 2.21 bits per heavy atom. The van der Waals surface area contributed by atoms with Crippen molar-refractivity contribution in [2.24, 2.45) is 0 Å². The fourth-order valence-electron chi connectivity index (χ4n) is 1.58. The van der Waals surface area contributed by atoms with Gasteiger partial charge in [0.2, 0.25) is 0 Å². The molecule has 2 amide bonds. The Bertz CT molecular complexity index is 416. The molecule has 1 aromatic rings. The summed E-state index contributed by atoms with van der Waals surface area (Å²) in [5.74, 6) is -0.177. The fourth-order valence-corrected chi connectivity index (χ4v) is 1.58. The maximum absolute atomic E-state index is 11.6. The molecule has 8 nitrogen and oxygen atoms in total. The van der Waals surface area contributed by atoms with Gasteiger partial charge in [-0.1, -0.05) is 0 Å². The van der Waals surface area contributed by atoms with Crippen LogP contribution in [0.5, 0.6) is 0 Å². The number of aromatic amines is 1. The Hall–Kier alpha value is -2.12. The Morgan fingerprint density at radius 1 is 1.47 bits per heavy atom.